The molecule has 0 saturated carbocycles. The van der Waals surface area contributed by atoms with Crippen LogP contribution in [0.4, 0.5) is 0 Å². The molecule has 1 aliphatic heterocycles. The van der Waals surface area contributed by atoms with Crippen molar-refractivity contribution in [2.24, 2.45) is 0 Å². The van der Waals surface area contributed by atoms with Gasteiger partial charge in [-0.1, -0.05) is 35.0 Å². The molecule has 0 bridgehead atoms. The molecule has 0 radical (unpaired) electrons. The van der Waals surface area contributed by atoms with Crippen LogP contribution in [0.15, 0.2) is 28.8 Å². The molecule has 0 amide bonds. The first-order chi connectivity index (χ1) is 10.0. The van der Waals surface area contributed by atoms with Crippen LogP contribution >= 0.6 is 11.6 Å². The molecule has 1 aromatic heterocycles. The van der Waals surface area contributed by atoms with Gasteiger partial charge in [-0.2, -0.15) is 4.98 Å². The lowest BCUT2D eigenvalue weighted by Gasteiger charge is -2.17. The van der Waals surface area contributed by atoms with Gasteiger partial charge in [0.2, 0.25) is 5.89 Å². The zero-order chi connectivity index (χ0) is 14.9. The minimum atomic E-state index is -2.99. The molecule has 1 aromatic carbocycles. The molecule has 0 aliphatic carbocycles. The Bertz CT molecular complexity index is 742. The predicted molar refractivity (Wildman–Crippen MR) is 79.2 cm³/mol. The average molecular weight is 327 g/mol. The van der Waals surface area contributed by atoms with Crippen LogP contribution in [0.2, 0.25) is 5.02 Å². The summed E-state index contributed by atoms with van der Waals surface area (Å²) in [4.78, 5) is 4.34. The van der Waals surface area contributed by atoms with Crippen molar-refractivity contribution in [1.82, 2.24) is 10.1 Å². The summed E-state index contributed by atoms with van der Waals surface area (Å²) in [6, 6.07) is 7.48. The van der Waals surface area contributed by atoms with Crippen LogP contribution in [0.1, 0.15) is 36.0 Å². The number of nitrogens with zero attached hydrogens (tertiary/aromatic N) is 2. The number of rotatable bonds is 3. The molecule has 2 heterocycles. The Labute approximate surface area is 128 Å². The molecule has 2 aromatic rings. The lowest BCUT2D eigenvalue weighted by molar-refractivity contribution is 0.347. The molecule has 7 heteroatoms. The van der Waals surface area contributed by atoms with Gasteiger partial charge < -0.3 is 4.52 Å². The quantitative estimate of drug-likeness (QED) is 0.866. The maximum atomic E-state index is 11.7. The summed E-state index contributed by atoms with van der Waals surface area (Å²) in [5.74, 6) is 1.11. The minimum Gasteiger partial charge on any atom is -0.339 e. The van der Waals surface area contributed by atoms with Crippen molar-refractivity contribution in [2.75, 3.05) is 11.5 Å². The second kappa shape index (κ2) is 5.77. The largest absolute Gasteiger partial charge is 0.339 e. The van der Waals surface area contributed by atoms with Gasteiger partial charge in [0.25, 0.3) is 0 Å². The topological polar surface area (TPSA) is 73.1 Å². The molecule has 3 rings (SSSR count). The molecule has 0 N–H and O–H groups in total. The van der Waals surface area contributed by atoms with Gasteiger partial charge in [0.05, 0.1) is 17.4 Å². The zero-order valence-electron chi connectivity index (χ0n) is 11.3. The highest BCUT2D eigenvalue weighted by Gasteiger charge is 2.29. The standard InChI is InChI=1S/C14H15ClN2O3S/c15-12-6-2-1-4-10(12)8-13-16-14(20-17-13)11-5-3-7-21(18,19)9-11/h1-2,4,6,11H,3,5,7-9H2. The van der Waals surface area contributed by atoms with E-state index in [1.807, 2.05) is 24.3 Å². The lowest BCUT2D eigenvalue weighted by atomic mass is 10.1. The van der Waals surface area contributed by atoms with Crippen molar-refractivity contribution in [3.63, 3.8) is 0 Å². The van der Waals surface area contributed by atoms with E-state index < -0.39 is 9.84 Å². The Balaban J connectivity index is 1.76. The van der Waals surface area contributed by atoms with Gasteiger partial charge in [-0.05, 0) is 24.5 Å². The van der Waals surface area contributed by atoms with Crippen LogP contribution in [0, 0.1) is 0 Å². The van der Waals surface area contributed by atoms with E-state index in [1.54, 1.807) is 0 Å². The van der Waals surface area contributed by atoms with Gasteiger partial charge in [0, 0.05) is 11.4 Å². The summed E-state index contributed by atoms with van der Waals surface area (Å²) in [6.07, 6.45) is 1.89. The predicted octanol–water partition coefficient (Wildman–Crippen LogP) is 2.61. The molecular weight excluding hydrogens is 312 g/mol. The fourth-order valence-corrected chi connectivity index (χ4v) is 4.43. The fraction of sp³-hybridized carbons (Fsp3) is 0.429. The third-order valence-corrected chi connectivity index (χ3v) is 5.79. The summed E-state index contributed by atoms with van der Waals surface area (Å²) >= 11 is 6.10. The Morgan fingerprint density at radius 2 is 2.14 bits per heavy atom. The van der Waals surface area contributed by atoms with E-state index in [4.69, 9.17) is 16.1 Å². The molecule has 1 aliphatic rings. The van der Waals surface area contributed by atoms with Crippen LogP contribution in [0.25, 0.3) is 0 Å². The van der Waals surface area contributed by atoms with Gasteiger partial charge in [-0.3, -0.25) is 0 Å². The smallest absolute Gasteiger partial charge is 0.230 e. The van der Waals surface area contributed by atoms with Gasteiger partial charge in [-0.25, -0.2) is 8.42 Å². The van der Waals surface area contributed by atoms with E-state index >= 15 is 0 Å². The van der Waals surface area contributed by atoms with Crippen molar-refractivity contribution in [3.8, 4) is 0 Å². The number of hydrogen-bond donors (Lipinski definition) is 0. The van der Waals surface area contributed by atoms with Crippen molar-refractivity contribution >= 4 is 21.4 Å². The van der Waals surface area contributed by atoms with Crippen LogP contribution in [-0.2, 0) is 16.3 Å². The normalized spacial score (nSPS) is 21.3. The third kappa shape index (κ3) is 3.44. The molecule has 1 fully saturated rings. The highest BCUT2D eigenvalue weighted by atomic mass is 35.5. The van der Waals surface area contributed by atoms with Gasteiger partial charge >= 0.3 is 0 Å². The number of hydrogen-bond acceptors (Lipinski definition) is 5. The second-order valence-corrected chi connectivity index (χ2v) is 7.91. The average Bonchev–Trinajstić information content (AvgIpc) is 2.89. The molecule has 1 unspecified atom stereocenters. The second-order valence-electron chi connectivity index (χ2n) is 5.27. The first-order valence-electron chi connectivity index (χ1n) is 6.80. The van der Waals surface area contributed by atoms with E-state index in [2.05, 4.69) is 10.1 Å². The monoisotopic (exact) mass is 326 g/mol. The molecule has 5 nitrogen and oxygen atoms in total. The molecule has 1 saturated heterocycles. The number of sulfone groups is 1. The molecule has 0 spiro atoms. The molecule has 21 heavy (non-hydrogen) atoms. The van der Waals surface area contributed by atoms with E-state index in [1.165, 1.54) is 0 Å². The molecule has 1 atom stereocenters. The molecule has 112 valence electrons. The maximum Gasteiger partial charge on any atom is 0.230 e. The van der Waals surface area contributed by atoms with Gasteiger partial charge in [0.1, 0.15) is 0 Å². The first-order valence-corrected chi connectivity index (χ1v) is 9.00. The summed E-state index contributed by atoms with van der Waals surface area (Å²) in [6.45, 7) is 0. The van der Waals surface area contributed by atoms with E-state index in [-0.39, 0.29) is 17.4 Å². The van der Waals surface area contributed by atoms with Crippen molar-refractivity contribution in [1.29, 1.82) is 0 Å². The van der Waals surface area contributed by atoms with Crippen LogP contribution in [0.5, 0.6) is 0 Å². The Morgan fingerprint density at radius 1 is 1.33 bits per heavy atom. The lowest BCUT2D eigenvalue weighted by Crippen LogP contribution is -2.23. The van der Waals surface area contributed by atoms with Crippen molar-refractivity contribution in [2.45, 2.75) is 25.2 Å². The summed E-state index contributed by atoms with van der Waals surface area (Å²) in [7, 11) is -2.99. The SMILES string of the molecule is O=S1(=O)CCCC(c2nc(Cc3ccccc3Cl)no2)C1. The number of benzene rings is 1. The maximum absolute atomic E-state index is 11.7. The number of aromatic nitrogens is 2. The number of halogens is 1. The highest BCUT2D eigenvalue weighted by Crippen LogP contribution is 2.27. The zero-order valence-corrected chi connectivity index (χ0v) is 12.9. The summed E-state index contributed by atoms with van der Waals surface area (Å²) in [5, 5.41) is 4.59. The highest BCUT2D eigenvalue weighted by molar-refractivity contribution is 7.91. The Kier molecular flexibility index (Phi) is 3.99. The molecular formula is C14H15ClN2O3S. The minimum absolute atomic E-state index is 0.0979. The summed E-state index contributed by atoms with van der Waals surface area (Å²) in [5.41, 5.74) is 0.919. The fourth-order valence-electron chi connectivity index (χ4n) is 2.53. The third-order valence-electron chi connectivity index (χ3n) is 3.60. The van der Waals surface area contributed by atoms with Crippen molar-refractivity contribution in [3.05, 3.63) is 46.6 Å². The first kappa shape index (κ1) is 14.5. The van der Waals surface area contributed by atoms with Crippen LogP contribution < -0.4 is 0 Å². The summed E-state index contributed by atoms with van der Waals surface area (Å²) < 4.78 is 28.6. The van der Waals surface area contributed by atoms with Crippen LogP contribution in [0.3, 0.4) is 0 Å². The van der Waals surface area contributed by atoms with E-state index in [0.717, 1.165) is 12.0 Å². The Hall–Kier alpha value is -1.40. The van der Waals surface area contributed by atoms with Gasteiger partial charge in [0.15, 0.2) is 15.7 Å². The van der Waals surface area contributed by atoms with Crippen LogP contribution in [-0.4, -0.2) is 30.1 Å². The van der Waals surface area contributed by atoms with Crippen molar-refractivity contribution < 1.29 is 12.9 Å². The van der Waals surface area contributed by atoms with E-state index in [0.29, 0.717) is 29.6 Å². The Morgan fingerprint density at radius 3 is 2.90 bits per heavy atom. The van der Waals surface area contributed by atoms with E-state index in [9.17, 15) is 8.42 Å². The van der Waals surface area contributed by atoms with Gasteiger partial charge in [-0.15, -0.1) is 0 Å².